The number of aliphatic hydroxyl groups is 1. The molecule has 5 nitrogen and oxygen atoms in total. The van der Waals surface area contributed by atoms with Gasteiger partial charge in [-0.2, -0.15) is 0 Å². The van der Waals surface area contributed by atoms with E-state index >= 15 is 0 Å². The lowest BCUT2D eigenvalue weighted by Crippen LogP contribution is -2.42. The Labute approximate surface area is 57.8 Å². The molecule has 10 heavy (non-hydrogen) atoms. The van der Waals surface area contributed by atoms with Gasteiger partial charge < -0.3 is 21.3 Å². The van der Waals surface area contributed by atoms with Crippen LogP contribution in [0.3, 0.4) is 0 Å². The van der Waals surface area contributed by atoms with Crippen LogP contribution in [0.15, 0.2) is 0 Å². The first-order valence-corrected chi connectivity index (χ1v) is 3.03. The molecule has 1 rings (SSSR count). The van der Waals surface area contributed by atoms with Crippen LogP contribution in [0, 0.1) is 0 Å². The molecular weight excluding hydrogens is 136 g/mol. The molecule has 0 radical (unpaired) electrons. The standard InChI is InChI=1S/C5H10N2O3/c6-2-1-7-3(4(2)8)5(9)10/h2-4,7-8H,1,6H2,(H,9,10). The summed E-state index contributed by atoms with van der Waals surface area (Å²) in [6.45, 7) is 0.359. The minimum Gasteiger partial charge on any atom is -0.480 e. The number of carboxylic acids is 1. The van der Waals surface area contributed by atoms with E-state index in [1.165, 1.54) is 0 Å². The quantitative estimate of drug-likeness (QED) is 0.334. The fourth-order valence-electron chi connectivity index (χ4n) is 0.985. The molecule has 0 aromatic carbocycles. The SMILES string of the molecule is NC1CNC(C(=O)O)C1O. The molecule has 0 aromatic rings. The van der Waals surface area contributed by atoms with Gasteiger partial charge >= 0.3 is 5.97 Å². The Morgan fingerprint density at radius 1 is 1.70 bits per heavy atom. The number of aliphatic carboxylic acids is 1. The number of hydrogen-bond donors (Lipinski definition) is 4. The molecule has 1 heterocycles. The van der Waals surface area contributed by atoms with Crippen LogP contribution in [0.5, 0.6) is 0 Å². The van der Waals surface area contributed by atoms with Gasteiger partial charge in [-0.15, -0.1) is 0 Å². The molecule has 0 amide bonds. The molecule has 58 valence electrons. The Morgan fingerprint density at radius 2 is 2.30 bits per heavy atom. The second kappa shape index (κ2) is 2.53. The smallest absolute Gasteiger partial charge is 0.323 e. The Hall–Kier alpha value is -0.650. The van der Waals surface area contributed by atoms with Crippen LogP contribution < -0.4 is 11.1 Å². The molecular formula is C5H10N2O3. The van der Waals surface area contributed by atoms with E-state index in [1.807, 2.05) is 0 Å². The first-order chi connectivity index (χ1) is 4.63. The van der Waals surface area contributed by atoms with Crippen molar-refractivity contribution in [3.8, 4) is 0 Å². The van der Waals surface area contributed by atoms with Crippen LogP contribution in [0.4, 0.5) is 0 Å². The third kappa shape index (κ3) is 1.11. The number of nitrogens with two attached hydrogens (primary N) is 1. The predicted octanol–water partition coefficient (Wildman–Crippen LogP) is -2.27. The average Bonchev–Trinajstić information content (AvgIpc) is 2.14. The van der Waals surface area contributed by atoms with Crippen molar-refractivity contribution in [1.29, 1.82) is 0 Å². The topological polar surface area (TPSA) is 95.6 Å². The normalized spacial score (nSPS) is 40.0. The third-order valence-corrected chi connectivity index (χ3v) is 1.62. The maximum atomic E-state index is 10.3. The van der Waals surface area contributed by atoms with Crippen LogP contribution >= 0.6 is 0 Å². The summed E-state index contributed by atoms with van der Waals surface area (Å²) in [6.07, 6.45) is -0.961. The van der Waals surface area contributed by atoms with E-state index in [0.29, 0.717) is 6.54 Å². The third-order valence-electron chi connectivity index (χ3n) is 1.62. The Bertz CT molecular complexity index is 150. The summed E-state index contributed by atoms with van der Waals surface area (Å²) in [5.74, 6) is -1.06. The van der Waals surface area contributed by atoms with E-state index < -0.39 is 24.2 Å². The number of aliphatic hydroxyl groups excluding tert-OH is 1. The number of carbonyl (C=O) groups is 1. The van der Waals surface area contributed by atoms with E-state index in [-0.39, 0.29) is 0 Å². The summed E-state index contributed by atoms with van der Waals surface area (Å²) in [5, 5.41) is 20.1. The Morgan fingerprint density at radius 3 is 2.50 bits per heavy atom. The lowest BCUT2D eigenvalue weighted by Gasteiger charge is -2.10. The molecule has 3 atom stereocenters. The van der Waals surface area contributed by atoms with Crippen molar-refractivity contribution in [3.05, 3.63) is 0 Å². The van der Waals surface area contributed by atoms with Gasteiger partial charge in [0.15, 0.2) is 0 Å². The van der Waals surface area contributed by atoms with Crippen LogP contribution in [0.1, 0.15) is 0 Å². The molecule has 0 spiro atoms. The molecule has 1 aliphatic rings. The molecule has 1 aliphatic heterocycles. The second-order valence-corrected chi connectivity index (χ2v) is 2.38. The van der Waals surface area contributed by atoms with Gasteiger partial charge in [0.05, 0.1) is 6.10 Å². The lowest BCUT2D eigenvalue weighted by molar-refractivity contribution is -0.141. The summed E-state index contributed by atoms with van der Waals surface area (Å²) in [7, 11) is 0. The predicted molar refractivity (Wildman–Crippen MR) is 33.4 cm³/mol. The lowest BCUT2D eigenvalue weighted by atomic mass is 10.1. The van der Waals surface area contributed by atoms with E-state index in [9.17, 15) is 4.79 Å². The van der Waals surface area contributed by atoms with E-state index in [2.05, 4.69) is 5.32 Å². The summed E-state index contributed by atoms with van der Waals surface area (Å²) >= 11 is 0. The van der Waals surface area contributed by atoms with Crippen LogP contribution in [-0.2, 0) is 4.79 Å². The van der Waals surface area contributed by atoms with Crippen molar-refractivity contribution in [2.75, 3.05) is 6.54 Å². The fraction of sp³-hybridized carbons (Fsp3) is 0.800. The monoisotopic (exact) mass is 146 g/mol. The minimum atomic E-state index is -1.06. The van der Waals surface area contributed by atoms with Crippen LogP contribution in [0.2, 0.25) is 0 Å². The van der Waals surface area contributed by atoms with E-state index in [0.717, 1.165) is 0 Å². The van der Waals surface area contributed by atoms with Gasteiger partial charge in [0.25, 0.3) is 0 Å². The molecule has 5 N–H and O–H groups in total. The maximum absolute atomic E-state index is 10.3. The highest BCUT2D eigenvalue weighted by Crippen LogP contribution is 2.05. The van der Waals surface area contributed by atoms with Gasteiger partial charge in [0.1, 0.15) is 6.04 Å². The van der Waals surface area contributed by atoms with Gasteiger partial charge in [-0.05, 0) is 0 Å². The molecule has 1 saturated heterocycles. The first-order valence-electron chi connectivity index (χ1n) is 3.03. The number of rotatable bonds is 1. The van der Waals surface area contributed by atoms with Crippen molar-refractivity contribution in [2.24, 2.45) is 5.73 Å². The summed E-state index contributed by atoms with van der Waals surface area (Å²) in [4.78, 5) is 10.3. The Kier molecular flexibility index (Phi) is 1.89. The van der Waals surface area contributed by atoms with Crippen molar-refractivity contribution in [1.82, 2.24) is 5.32 Å². The molecule has 1 fully saturated rings. The van der Waals surface area contributed by atoms with Crippen molar-refractivity contribution >= 4 is 5.97 Å². The summed E-state index contributed by atoms with van der Waals surface area (Å²) < 4.78 is 0. The molecule has 0 aliphatic carbocycles. The summed E-state index contributed by atoms with van der Waals surface area (Å²) in [5.41, 5.74) is 5.33. The van der Waals surface area contributed by atoms with Crippen molar-refractivity contribution < 1.29 is 15.0 Å². The van der Waals surface area contributed by atoms with E-state index in [1.54, 1.807) is 0 Å². The number of hydrogen-bond acceptors (Lipinski definition) is 4. The van der Waals surface area contributed by atoms with Gasteiger partial charge in [-0.1, -0.05) is 0 Å². The van der Waals surface area contributed by atoms with Crippen LogP contribution in [-0.4, -0.2) is 40.9 Å². The molecule has 0 aromatic heterocycles. The molecule has 3 unspecified atom stereocenters. The van der Waals surface area contributed by atoms with Gasteiger partial charge in [0.2, 0.25) is 0 Å². The molecule has 0 bridgehead atoms. The second-order valence-electron chi connectivity index (χ2n) is 2.38. The van der Waals surface area contributed by atoms with Gasteiger partial charge in [-0.3, -0.25) is 4.79 Å². The van der Waals surface area contributed by atoms with Gasteiger partial charge in [-0.25, -0.2) is 0 Å². The zero-order chi connectivity index (χ0) is 7.72. The van der Waals surface area contributed by atoms with Crippen LogP contribution in [0.25, 0.3) is 0 Å². The number of carboxylic acid groups (broad SMARTS) is 1. The minimum absolute atomic E-state index is 0.359. The van der Waals surface area contributed by atoms with E-state index in [4.69, 9.17) is 15.9 Å². The zero-order valence-electron chi connectivity index (χ0n) is 5.32. The highest BCUT2D eigenvalue weighted by molar-refractivity contribution is 5.75. The van der Waals surface area contributed by atoms with Gasteiger partial charge in [0, 0.05) is 12.6 Å². The highest BCUT2D eigenvalue weighted by atomic mass is 16.4. The Balaban J connectivity index is 2.57. The first kappa shape index (κ1) is 7.46. The van der Waals surface area contributed by atoms with Crippen molar-refractivity contribution in [3.63, 3.8) is 0 Å². The zero-order valence-corrected chi connectivity index (χ0v) is 5.32. The summed E-state index contributed by atoms with van der Waals surface area (Å²) in [6, 6.07) is -1.35. The molecule has 0 saturated carbocycles. The molecule has 5 heteroatoms. The number of nitrogens with one attached hydrogen (secondary N) is 1. The highest BCUT2D eigenvalue weighted by Gasteiger charge is 2.36. The fourth-order valence-corrected chi connectivity index (χ4v) is 0.985. The largest absolute Gasteiger partial charge is 0.480 e. The average molecular weight is 146 g/mol. The maximum Gasteiger partial charge on any atom is 0.323 e. The van der Waals surface area contributed by atoms with Crippen molar-refractivity contribution in [2.45, 2.75) is 18.2 Å².